The van der Waals surface area contributed by atoms with Crippen molar-refractivity contribution in [2.75, 3.05) is 6.54 Å². The molecule has 18 heavy (non-hydrogen) atoms. The molecule has 0 aromatic heterocycles. The monoisotopic (exact) mass is 254 g/mol. The van der Waals surface area contributed by atoms with E-state index in [0.29, 0.717) is 12.0 Å². The fraction of sp³-hybridized carbons (Fsp3) is 0.933. The van der Waals surface area contributed by atoms with Crippen LogP contribution in [0.3, 0.4) is 0 Å². The minimum atomic E-state index is -0.0626. The maximum atomic E-state index is 11.9. The highest BCUT2D eigenvalue weighted by Gasteiger charge is 2.23. The van der Waals surface area contributed by atoms with Gasteiger partial charge in [0.05, 0.1) is 6.04 Å². The highest BCUT2D eigenvalue weighted by molar-refractivity contribution is 5.81. The zero-order valence-electron chi connectivity index (χ0n) is 12.3. The Morgan fingerprint density at radius 2 is 2.00 bits per heavy atom. The summed E-state index contributed by atoms with van der Waals surface area (Å²) >= 11 is 0. The number of hydrogen-bond acceptors (Lipinski definition) is 2. The Labute approximate surface area is 112 Å². The van der Waals surface area contributed by atoms with Gasteiger partial charge in [-0.3, -0.25) is 4.79 Å². The van der Waals surface area contributed by atoms with Crippen molar-refractivity contribution in [1.82, 2.24) is 10.6 Å². The molecule has 0 spiro atoms. The first kappa shape index (κ1) is 15.5. The van der Waals surface area contributed by atoms with E-state index < -0.39 is 0 Å². The van der Waals surface area contributed by atoms with Gasteiger partial charge in [0.1, 0.15) is 0 Å². The summed E-state index contributed by atoms with van der Waals surface area (Å²) in [6, 6.07) is 0.451. The molecule has 0 radical (unpaired) electrons. The van der Waals surface area contributed by atoms with E-state index in [4.69, 9.17) is 0 Å². The molecule has 1 fully saturated rings. The molecule has 0 aromatic rings. The maximum Gasteiger partial charge on any atom is 0.236 e. The van der Waals surface area contributed by atoms with Crippen LogP contribution in [-0.2, 0) is 4.79 Å². The van der Waals surface area contributed by atoms with E-state index >= 15 is 0 Å². The lowest BCUT2D eigenvalue weighted by molar-refractivity contribution is -0.123. The number of carbonyl (C=O) groups is 1. The van der Waals surface area contributed by atoms with E-state index in [2.05, 4.69) is 24.5 Å². The second-order valence-corrected chi connectivity index (χ2v) is 5.75. The van der Waals surface area contributed by atoms with Crippen molar-refractivity contribution in [2.45, 2.75) is 77.8 Å². The van der Waals surface area contributed by atoms with Gasteiger partial charge < -0.3 is 10.6 Å². The van der Waals surface area contributed by atoms with Gasteiger partial charge in [0.25, 0.3) is 0 Å². The van der Waals surface area contributed by atoms with E-state index in [1.165, 1.54) is 32.1 Å². The molecule has 0 saturated heterocycles. The molecule has 0 heterocycles. The molecule has 2 N–H and O–H groups in total. The average Bonchev–Trinajstić information content (AvgIpc) is 2.55. The minimum Gasteiger partial charge on any atom is -0.355 e. The van der Waals surface area contributed by atoms with Crippen molar-refractivity contribution in [2.24, 2.45) is 5.92 Å². The third-order valence-electron chi connectivity index (χ3n) is 4.05. The van der Waals surface area contributed by atoms with Gasteiger partial charge in [-0.2, -0.15) is 0 Å². The summed E-state index contributed by atoms with van der Waals surface area (Å²) in [7, 11) is 0. The summed E-state index contributed by atoms with van der Waals surface area (Å²) in [6.45, 7) is 7.24. The van der Waals surface area contributed by atoms with Crippen molar-refractivity contribution in [1.29, 1.82) is 0 Å². The van der Waals surface area contributed by atoms with Crippen molar-refractivity contribution >= 4 is 5.91 Å². The van der Waals surface area contributed by atoms with Gasteiger partial charge in [-0.25, -0.2) is 0 Å². The quantitative estimate of drug-likeness (QED) is 0.565. The van der Waals surface area contributed by atoms with Crippen LogP contribution in [0.2, 0.25) is 0 Å². The van der Waals surface area contributed by atoms with Crippen LogP contribution in [0.1, 0.15) is 65.7 Å². The third kappa shape index (κ3) is 5.38. The Hall–Kier alpha value is -0.570. The normalized spacial score (nSPS) is 26.4. The summed E-state index contributed by atoms with van der Waals surface area (Å²) in [5, 5.41) is 6.53. The van der Waals surface area contributed by atoms with Crippen molar-refractivity contribution in [3.05, 3.63) is 0 Å². The van der Waals surface area contributed by atoms with Gasteiger partial charge in [0.2, 0.25) is 5.91 Å². The van der Waals surface area contributed by atoms with Gasteiger partial charge >= 0.3 is 0 Å². The molecule has 1 aliphatic rings. The fourth-order valence-electron chi connectivity index (χ4n) is 2.68. The Morgan fingerprint density at radius 3 is 2.72 bits per heavy atom. The fourth-order valence-corrected chi connectivity index (χ4v) is 2.68. The van der Waals surface area contributed by atoms with Crippen LogP contribution in [0.5, 0.6) is 0 Å². The van der Waals surface area contributed by atoms with Crippen molar-refractivity contribution < 1.29 is 4.79 Å². The zero-order chi connectivity index (χ0) is 13.4. The smallest absolute Gasteiger partial charge is 0.236 e. The second kappa shape index (κ2) is 8.52. The molecule has 1 aliphatic carbocycles. The Morgan fingerprint density at radius 1 is 1.28 bits per heavy atom. The first-order chi connectivity index (χ1) is 8.65. The number of carbonyl (C=O) groups excluding carboxylic acids is 1. The summed E-state index contributed by atoms with van der Waals surface area (Å²) in [4.78, 5) is 11.9. The second-order valence-electron chi connectivity index (χ2n) is 5.75. The standard InChI is InChI=1S/C15H30N2O/c1-4-5-11-16-15(18)13(3)17-14-10-8-6-7-9-12(14)2/h12-14,17H,4-11H2,1-3H3,(H,16,18). The molecule has 0 bridgehead atoms. The summed E-state index contributed by atoms with van der Waals surface area (Å²) in [5.41, 5.74) is 0. The lowest BCUT2D eigenvalue weighted by atomic mass is 9.96. The number of amides is 1. The number of rotatable bonds is 6. The summed E-state index contributed by atoms with van der Waals surface area (Å²) in [6.07, 6.45) is 8.69. The largest absolute Gasteiger partial charge is 0.355 e. The minimum absolute atomic E-state index is 0.0626. The van der Waals surface area contributed by atoms with E-state index in [1.54, 1.807) is 0 Å². The number of nitrogens with one attached hydrogen (secondary N) is 2. The lowest BCUT2D eigenvalue weighted by Gasteiger charge is -2.26. The van der Waals surface area contributed by atoms with Crippen molar-refractivity contribution in [3.8, 4) is 0 Å². The first-order valence-corrected chi connectivity index (χ1v) is 7.69. The lowest BCUT2D eigenvalue weighted by Crippen LogP contribution is -2.48. The molecule has 0 aromatic carbocycles. The van der Waals surface area contributed by atoms with Crippen LogP contribution < -0.4 is 10.6 Å². The average molecular weight is 254 g/mol. The SMILES string of the molecule is CCCCNC(=O)C(C)NC1CCCCCC1C. The molecule has 3 atom stereocenters. The predicted octanol–water partition coefficient (Wildman–Crippen LogP) is 2.85. The Kier molecular flexibility index (Phi) is 7.33. The third-order valence-corrected chi connectivity index (χ3v) is 4.05. The molecular formula is C15H30N2O. The van der Waals surface area contributed by atoms with Crippen molar-refractivity contribution in [3.63, 3.8) is 0 Å². The van der Waals surface area contributed by atoms with Crippen LogP contribution in [0.15, 0.2) is 0 Å². The van der Waals surface area contributed by atoms with Crippen LogP contribution in [0.4, 0.5) is 0 Å². The molecule has 1 rings (SSSR count). The van der Waals surface area contributed by atoms with E-state index in [1.807, 2.05) is 6.92 Å². The Bertz CT molecular complexity index is 243. The highest BCUT2D eigenvalue weighted by Crippen LogP contribution is 2.23. The van der Waals surface area contributed by atoms with Gasteiger partial charge in [-0.1, -0.05) is 39.5 Å². The van der Waals surface area contributed by atoms with E-state index in [9.17, 15) is 4.79 Å². The first-order valence-electron chi connectivity index (χ1n) is 7.69. The Balaban J connectivity index is 2.32. The molecule has 0 aliphatic heterocycles. The van der Waals surface area contributed by atoms with Gasteiger partial charge in [0.15, 0.2) is 0 Å². The topological polar surface area (TPSA) is 41.1 Å². The predicted molar refractivity (Wildman–Crippen MR) is 76.6 cm³/mol. The van der Waals surface area contributed by atoms with Crippen LogP contribution >= 0.6 is 0 Å². The van der Waals surface area contributed by atoms with E-state index in [-0.39, 0.29) is 11.9 Å². The molecule has 3 nitrogen and oxygen atoms in total. The zero-order valence-corrected chi connectivity index (χ0v) is 12.3. The maximum absolute atomic E-state index is 11.9. The van der Waals surface area contributed by atoms with Gasteiger partial charge in [0, 0.05) is 12.6 Å². The summed E-state index contributed by atoms with van der Waals surface area (Å²) < 4.78 is 0. The highest BCUT2D eigenvalue weighted by atomic mass is 16.2. The molecule has 1 saturated carbocycles. The molecule has 3 heteroatoms. The number of unbranched alkanes of at least 4 members (excludes halogenated alkanes) is 1. The summed E-state index contributed by atoms with van der Waals surface area (Å²) in [5.74, 6) is 0.846. The van der Waals surface area contributed by atoms with Gasteiger partial charge in [-0.05, 0) is 32.1 Å². The molecular weight excluding hydrogens is 224 g/mol. The van der Waals surface area contributed by atoms with E-state index in [0.717, 1.165) is 19.4 Å². The van der Waals surface area contributed by atoms with Crippen LogP contribution in [0, 0.1) is 5.92 Å². The molecule has 1 amide bonds. The van der Waals surface area contributed by atoms with Crippen LogP contribution in [-0.4, -0.2) is 24.5 Å². The molecule has 3 unspecified atom stereocenters. The van der Waals surface area contributed by atoms with Crippen LogP contribution in [0.25, 0.3) is 0 Å². The van der Waals surface area contributed by atoms with Gasteiger partial charge in [-0.15, -0.1) is 0 Å². The molecule has 106 valence electrons. The number of hydrogen-bond donors (Lipinski definition) is 2.